The van der Waals surface area contributed by atoms with Crippen molar-refractivity contribution in [2.75, 3.05) is 20.1 Å². The van der Waals surface area contributed by atoms with Gasteiger partial charge < -0.3 is 10.6 Å². The van der Waals surface area contributed by atoms with Crippen LogP contribution in [0.3, 0.4) is 0 Å². The van der Waals surface area contributed by atoms with Gasteiger partial charge in [0.25, 0.3) is 0 Å². The summed E-state index contributed by atoms with van der Waals surface area (Å²) in [7, 11) is 1.82. The molecule has 0 saturated heterocycles. The molecule has 0 spiro atoms. The fourth-order valence-electron chi connectivity index (χ4n) is 2.57. The number of hydrogen-bond donors (Lipinski definition) is 2. The molecule has 1 aliphatic rings. The minimum Gasteiger partial charge on any atom is -0.356 e. The Hall–Kier alpha value is -1.11. The van der Waals surface area contributed by atoms with Gasteiger partial charge in [0.1, 0.15) is 0 Å². The molecule has 0 aromatic carbocycles. The van der Waals surface area contributed by atoms with Gasteiger partial charge in [-0.05, 0) is 50.2 Å². The molecule has 1 aromatic rings. The molecule has 1 aromatic heterocycles. The van der Waals surface area contributed by atoms with Crippen LogP contribution in [0, 0.1) is 0 Å². The van der Waals surface area contributed by atoms with E-state index in [1.807, 2.05) is 19.3 Å². The third kappa shape index (κ3) is 7.24. The Morgan fingerprint density at radius 3 is 2.68 bits per heavy atom. The number of aromatic nitrogens is 1. The van der Waals surface area contributed by atoms with Crippen molar-refractivity contribution in [3.63, 3.8) is 0 Å². The van der Waals surface area contributed by atoms with Crippen molar-refractivity contribution in [3.8, 4) is 0 Å². The highest BCUT2D eigenvalue weighted by molar-refractivity contribution is 14.0. The number of pyridine rings is 1. The predicted molar refractivity (Wildman–Crippen MR) is 104 cm³/mol. The average Bonchev–Trinajstić information content (AvgIpc) is 2.55. The van der Waals surface area contributed by atoms with Crippen molar-refractivity contribution < 1.29 is 0 Å². The Bertz CT molecular complexity index is 471. The van der Waals surface area contributed by atoms with Gasteiger partial charge in [0, 0.05) is 32.5 Å². The van der Waals surface area contributed by atoms with Crippen molar-refractivity contribution in [2.24, 2.45) is 4.99 Å². The van der Waals surface area contributed by atoms with Gasteiger partial charge in [-0.1, -0.05) is 17.7 Å². The van der Waals surface area contributed by atoms with Crippen LogP contribution in [0.4, 0.5) is 0 Å². The van der Waals surface area contributed by atoms with Crippen LogP contribution in [0.15, 0.2) is 41.2 Å². The van der Waals surface area contributed by atoms with E-state index in [-0.39, 0.29) is 24.0 Å². The van der Waals surface area contributed by atoms with Gasteiger partial charge >= 0.3 is 0 Å². The molecule has 0 amide bonds. The van der Waals surface area contributed by atoms with E-state index in [1.54, 1.807) is 11.8 Å². The average molecular weight is 414 g/mol. The van der Waals surface area contributed by atoms with Gasteiger partial charge in [0.05, 0.1) is 0 Å². The highest BCUT2D eigenvalue weighted by atomic mass is 127. The van der Waals surface area contributed by atoms with Crippen molar-refractivity contribution in [1.82, 2.24) is 15.6 Å². The minimum absolute atomic E-state index is 0. The number of nitrogens with one attached hydrogen (secondary N) is 2. The quantitative estimate of drug-likeness (QED) is 0.325. The first kappa shape index (κ1) is 18.9. The second-order valence-corrected chi connectivity index (χ2v) is 5.40. The molecule has 0 radical (unpaired) electrons. The molecular weight excluding hydrogens is 387 g/mol. The smallest absolute Gasteiger partial charge is 0.190 e. The predicted octanol–water partition coefficient (Wildman–Crippen LogP) is 3.30. The normalized spacial score (nSPS) is 14.8. The Kier molecular flexibility index (Phi) is 9.86. The van der Waals surface area contributed by atoms with Crippen LogP contribution in [0.1, 0.15) is 37.7 Å². The van der Waals surface area contributed by atoms with Crippen molar-refractivity contribution in [2.45, 2.75) is 38.5 Å². The van der Waals surface area contributed by atoms with Crippen LogP contribution in [0.2, 0.25) is 0 Å². The second kappa shape index (κ2) is 11.5. The number of halogens is 1. The van der Waals surface area contributed by atoms with Crippen LogP contribution >= 0.6 is 24.0 Å². The van der Waals surface area contributed by atoms with E-state index >= 15 is 0 Å². The molecule has 0 saturated carbocycles. The Morgan fingerprint density at radius 1 is 1.23 bits per heavy atom. The molecule has 4 nitrogen and oxygen atoms in total. The van der Waals surface area contributed by atoms with Crippen LogP contribution in [0.5, 0.6) is 0 Å². The zero-order valence-corrected chi connectivity index (χ0v) is 15.7. The maximum Gasteiger partial charge on any atom is 0.190 e. The fourth-order valence-corrected chi connectivity index (χ4v) is 2.57. The van der Waals surface area contributed by atoms with Crippen LogP contribution in [-0.4, -0.2) is 31.1 Å². The number of nitrogens with zero attached hydrogens (tertiary/aromatic N) is 2. The fraction of sp³-hybridized carbons (Fsp3) is 0.529. The molecule has 0 aliphatic heterocycles. The summed E-state index contributed by atoms with van der Waals surface area (Å²) in [5.74, 6) is 0.885. The van der Waals surface area contributed by atoms with Gasteiger partial charge in [-0.15, -0.1) is 24.0 Å². The van der Waals surface area contributed by atoms with Crippen LogP contribution in [-0.2, 0) is 6.42 Å². The van der Waals surface area contributed by atoms with Gasteiger partial charge in [-0.2, -0.15) is 0 Å². The molecule has 2 rings (SSSR count). The summed E-state index contributed by atoms with van der Waals surface area (Å²) in [5, 5.41) is 6.73. The van der Waals surface area contributed by atoms with E-state index in [0.29, 0.717) is 0 Å². The van der Waals surface area contributed by atoms with Gasteiger partial charge in [0.15, 0.2) is 5.96 Å². The number of guanidine groups is 1. The lowest BCUT2D eigenvalue weighted by molar-refractivity contribution is 0.665. The van der Waals surface area contributed by atoms with Crippen molar-refractivity contribution in [1.29, 1.82) is 0 Å². The summed E-state index contributed by atoms with van der Waals surface area (Å²) in [6, 6.07) is 4.07. The van der Waals surface area contributed by atoms with E-state index in [4.69, 9.17) is 0 Å². The molecule has 122 valence electrons. The molecule has 0 unspecified atom stereocenters. The van der Waals surface area contributed by atoms with Crippen molar-refractivity contribution >= 4 is 29.9 Å². The summed E-state index contributed by atoms with van der Waals surface area (Å²) in [6.07, 6.45) is 13.4. The first-order chi connectivity index (χ1) is 10.4. The Balaban J connectivity index is 0.00000242. The van der Waals surface area contributed by atoms with Crippen LogP contribution in [0.25, 0.3) is 0 Å². The number of aliphatic imine (C=N–C) groups is 1. The minimum atomic E-state index is 0. The lowest BCUT2D eigenvalue weighted by atomic mass is 9.97. The first-order valence-corrected chi connectivity index (χ1v) is 7.90. The van der Waals surface area contributed by atoms with E-state index in [0.717, 1.165) is 31.9 Å². The highest BCUT2D eigenvalue weighted by Crippen LogP contribution is 2.19. The van der Waals surface area contributed by atoms with Gasteiger partial charge in [0.2, 0.25) is 0 Å². The standard InChI is InChI=1S/C17H26N4.HI/c1-18-17(20-12-9-15-6-3-2-4-7-15)21-13-10-16-8-5-11-19-14-16;/h5-6,8,11,14H,2-4,7,9-10,12-13H2,1H3,(H2,18,20,21);1H. The summed E-state index contributed by atoms with van der Waals surface area (Å²) >= 11 is 0. The zero-order valence-electron chi connectivity index (χ0n) is 13.3. The van der Waals surface area contributed by atoms with E-state index in [1.165, 1.54) is 31.2 Å². The van der Waals surface area contributed by atoms with Crippen molar-refractivity contribution in [3.05, 3.63) is 41.7 Å². The molecule has 22 heavy (non-hydrogen) atoms. The molecule has 5 heteroatoms. The Labute approximate surface area is 150 Å². The maximum absolute atomic E-state index is 4.26. The Morgan fingerprint density at radius 2 is 2.05 bits per heavy atom. The third-order valence-electron chi connectivity index (χ3n) is 3.78. The maximum atomic E-state index is 4.26. The first-order valence-electron chi connectivity index (χ1n) is 7.90. The lowest BCUT2D eigenvalue weighted by Crippen LogP contribution is -2.38. The highest BCUT2D eigenvalue weighted by Gasteiger charge is 2.04. The largest absolute Gasteiger partial charge is 0.356 e. The van der Waals surface area contributed by atoms with Gasteiger partial charge in [-0.3, -0.25) is 9.98 Å². The number of hydrogen-bond acceptors (Lipinski definition) is 2. The summed E-state index contributed by atoms with van der Waals surface area (Å²) < 4.78 is 0. The third-order valence-corrected chi connectivity index (χ3v) is 3.78. The zero-order chi connectivity index (χ0) is 14.8. The molecular formula is C17H27IN4. The summed E-state index contributed by atoms with van der Waals surface area (Å²) in [6.45, 7) is 1.83. The monoisotopic (exact) mass is 414 g/mol. The van der Waals surface area contributed by atoms with E-state index in [9.17, 15) is 0 Å². The molecule has 0 atom stereocenters. The summed E-state index contributed by atoms with van der Waals surface area (Å²) in [5.41, 5.74) is 2.84. The van der Waals surface area contributed by atoms with Gasteiger partial charge in [-0.25, -0.2) is 0 Å². The van der Waals surface area contributed by atoms with E-state index < -0.39 is 0 Å². The molecule has 1 aliphatic carbocycles. The molecule has 0 bridgehead atoms. The lowest BCUT2D eigenvalue weighted by Gasteiger charge is -2.15. The number of allylic oxidation sites excluding steroid dienone is 1. The molecule has 2 N–H and O–H groups in total. The van der Waals surface area contributed by atoms with Crippen LogP contribution < -0.4 is 10.6 Å². The molecule has 1 heterocycles. The second-order valence-electron chi connectivity index (χ2n) is 5.40. The van der Waals surface area contributed by atoms with E-state index in [2.05, 4.69) is 32.8 Å². The SMILES string of the molecule is CN=C(NCCC1=CCCCC1)NCCc1cccnc1.I. The molecule has 0 fully saturated rings. The topological polar surface area (TPSA) is 49.3 Å². The number of rotatable bonds is 6. The summed E-state index contributed by atoms with van der Waals surface area (Å²) in [4.78, 5) is 8.39.